The summed E-state index contributed by atoms with van der Waals surface area (Å²) in [7, 11) is -3.89. The molecule has 2 aromatic carbocycles. The van der Waals surface area contributed by atoms with Crippen LogP contribution in [0.3, 0.4) is 0 Å². The first-order chi connectivity index (χ1) is 15.7. The van der Waals surface area contributed by atoms with Crippen LogP contribution in [-0.2, 0) is 26.2 Å². The monoisotopic (exact) mass is 470 g/mol. The van der Waals surface area contributed by atoms with Crippen molar-refractivity contribution in [1.29, 1.82) is 0 Å². The number of aromatic nitrogens is 2. The Bertz CT molecular complexity index is 1150. The highest BCUT2D eigenvalue weighted by Gasteiger charge is 2.36. The molecule has 0 bridgehead atoms. The highest BCUT2D eigenvalue weighted by atomic mass is 32.2. The highest BCUT2D eigenvalue weighted by Crippen LogP contribution is 2.26. The van der Waals surface area contributed by atoms with Gasteiger partial charge in [-0.05, 0) is 35.9 Å². The molecule has 1 amide bonds. The van der Waals surface area contributed by atoms with Crippen molar-refractivity contribution >= 4 is 27.6 Å². The van der Waals surface area contributed by atoms with E-state index >= 15 is 0 Å². The zero-order chi connectivity index (χ0) is 23.9. The molecule has 1 aromatic heterocycles. The second kappa shape index (κ2) is 10.5. The summed E-state index contributed by atoms with van der Waals surface area (Å²) in [5.74, 6) is -0.490. The number of benzene rings is 2. The summed E-state index contributed by atoms with van der Waals surface area (Å²) < 4.78 is 33.2. The molecule has 174 valence electrons. The van der Waals surface area contributed by atoms with Crippen molar-refractivity contribution in [1.82, 2.24) is 9.97 Å². The number of anilines is 2. The molecule has 0 spiro atoms. The second-order valence-corrected chi connectivity index (χ2v) is 9.70. The summed E-state index contributed by atoms with van der Waals surface area (Å²) in [4.78, 5) is 20.6. The van der Waals surface area contributed by atoms with Crippen LogP contribution < -0.4 is 10.0 Å². The fraction of sp³-hybridized carbons (Fsp3) is 0.261. The normalized spacial score (nSPS) is 12.7. The van der Waals surface area contributed by atoms with Gasteiger partial charge in [-0.2, -0.15) is 0 Å². The van der Waals surface area contributed by atoms with Crippen LogP contribution in [0.4, 0.5) is 11.6 Å². The summed E-state index contributed by atoms with van der Waals surface area (Å²) in [5.41, 5.74) is 0.437. The van der Waals surface area contributed by atoms with E-state index in [4.69, 9.17) is 4.74 Å². The number of carbonyl (C=O) groups is 1. The lowest BCUT2D eigenvalue weighted by Crippen LogP contribution is -2.44. The molecular formula is C23H26N4O5S. The summed E-state index contributed by atoms with van der Waals surface area (Å²) in [5, 5.41) is 12.5. The van der Waals surface area contributed by atoms with Gasteiger partial charge in [0.2, 0.25) is 5.95 Å². The van der Waals surface area contributed by atoms with E-state index in [0.29, 0.717) is 5.69 Å². The number of nitrogens with one attached hydrogen (secondary N) is 2. The number of rotatable bonds is 10. The van der Waals surface area contributed by atoms with E-state index in [-0.39, 0.29) is 24.1 Å². The number of carbonyl (C=O) groups excluding carboxylic acids is 1. The van der Waals surface area contributed by atoms with E-state index in [9.17, 15) is 18.3 Å². The molecule has 1 atom stereocenters. The van der Waals surface area contributed by atoms with Gasteiger partial charge in [0.1, 0.15) is 6.10 Å². The predicted octanol–water partition coefficient (Wildman–Crippen LogP) is 2.82. The first-order valence-corrected chi connectivity index (χ1v) is 11.7. The molecule has 0 aliphatic carbocycles. The SMILES string of the molecule is CC(C)(CO)C(OCc1ccccc1)C(=O)Nc1ccc(S(=O)(=O)Nc2ncccn2)cc1. The van der Waals surface area contributed by atoms with Crippen molar-refractivity contribution in [2.24, 2.45) is 5.41 Å². The average molecular weight is 471 g/mol. The predicted molar refractivity (Wildman–Crippen MR) is 124 cm³/mol. The largest absolute Gasteiger partial charge is 0.396 e. The minimum Gasteiger partial charge on any atom is -0.396 e. The number of aliphatic hydroxyl groups excluding tert-OH is 1. The highest BCUT2D eigenvalue weighted by molar-refractivity contribution is 7.92. The van der Waals surface area contributed by atoms with E-state index in [2.05, 4.69) is 20.0 Å². The van der Waals surface area contributed by atoms with Gasteiger partial charge in [0, 0.05) is 23.5 Å². The smallest absolute Gasteiger partial charge is 0.264 e. The molecule has 33 heavy (non-hydrogen) atoms. The molecule has 0 fully saturated rings. The number of ether oxygens (including phenoxy) is 1. The van der Waals surface area contributed by atoms with Crippen LogP contribution in [0.25, 0.3) is 0 Å². The third-order valence-electron chi connectivity index (χ3n) is 4.84. The van der Waals surface area contributed by atoms with Gasteiger partial charge in [0.25, 0.3) is 15.9 Å². The standard InChI is InChI=1S/C23H26N4O5S/c1-23(2,16-28)20(32-15-17-7-4-3-5-8-17)21(29)26-18-9-11-19(12-10-18)33(30,31)27-22-24-13-6-14-25-22/h3-14,20,28H,15-16H2,1-2H3,(H,26,29)(H,24,25,27). The zero-order valence-corrected chi connectivity index (χ0v) is 19.1. The van der Waals surface area contributed by atoms with E-state index < -0.39 is 27.4 Å². The van der Waals surface area contributed by atoms with Gasteiger partial charge < -0.3 is 15.2 Å². The lowest BCUT2D eigenvalue weighted by atomic mass is 9.86. The van der Waals surface area contributed by atoms with Gasteiger partial charge in [0.05, 0.1) is 18.1 Å². The van der Waals surface area contributed by atoms with Crippen LogP contribution in [0.15, 0.2) is 78.0 Å². The van der Waals surface area contributed by atoms with Crippen LogP contribution in [0.2, 0.25) is 0 Å². The Labute approximate surface area is 192 Å². The molecule has 1 unspecified atom stereocenters. The quantitative estimate of drug-likeness (QED) is 0.415. The fourth-order valence-corrected chi connectivity index (χ4v) is 3.91. The molecule has 0 aliphatic rings. The Morgan fingerprint density at radius 1 is 1.03 bits per heavy atom. The van der Waals surface area contributed by atoms with Gasteiger partial charge in [-0.3, -0.25) is 4.79 Å². The van der Waals surface area contributed by atoms with E-state index in [1.54, 1.807) is 19.9 Å². The Hall–Kier alpha value is -3.34. The van der Waals surface area contributed by atoms with Gasteiger partial charge in [-0.25, -0.2) is 23.1 Å². The molecule has 3 rings (SSSR count). The number of aliphatic hydroxyl groups is 1. The first kappa shape index (κ1) is 24.3. The minimum absolute atomic E-state index is 0.0134. The van der Waals surface area contributed by atoms with Crippen molar-refractivity contribution in [3.8, 4) is 0 Å². The Morgan fingerprint density at radius 3 is 2.27 bits per heavy atom. The molecule has 0 radical (unpaired) electrons. The number of hydrogen-bond donors (Lipinski definition) is 3. The summed E-state index contributed by atoms with van der Waals surface area (Å²) >= 11 is 0. The topological polar surface area (TPSA) is 131 Å². The Balaban J connectivity index is 1.70. The number of amides is 1. The summed E-state index contributed by atoms with van der Waals surface area (Å²) in [6.07, 6.45) is 1.91. The number of hydrogen-bond acceptors (Lipinski definition) is 7. The van der Waals surface area contributed by atoms with Gasteiger partial charge in [-0.1, -0.05) is 44.2 Å². The first-order valence-electron chi connectivity index (χ1n) is 10.2. The molecule has 3 N–H and O–H groups in total. The maximum absolute atomic E-state index is 13.0. The van der Waals surface area contributed by atoms with Crippen molar-refractivity contribution < 1.29 is 23.1 Å². The zero-order valence-electron chi connectivity index (χ0n) is 18.3. The fourth-order valence-electron chi connectivity index (χ4n) is 2.95. The second-order valence-electron chi connectivity index (χ2n) is 8.01. The molecule has 9 nitrogen and oxygen atoms in total. The molecule has 3 aromatic rings. The van der Waals surface area contributed by atoms with E-state index in [1.807, 2.05) is 30.3 Å². The van der Waals surface area contributed by atoms with Crippen LogP contribution in [0, 0.1) is 5.41 Å². The molecule has 0 saturated heterocycles. The third-order valence-corrected chi connectivity index (χ3v) is 6.18. The van der Waals surface area contributed by atoms with Crippen molar-refractivity contribution in [2.45, 2.75) is 31.5 Å². The average Bonchev–Trinajstić information content (AvgIpc) is 2.80. The van der Waals surface area contributed by atoms with Gasteiger partial charge >= 0.3 is 0 Å². The third kappa shape index (κ3) is 6.58. The van der Waals surface area contributed by atoms with Crippen molar-refractivity contribution in [3.63, 3.8) is 0 Å². The number of sulfonamides is 1. The molecular weight excluding hydrogens is 444 g/mol. The van der Waals surface area contributed by atoms with E-state index in [0.717, 1.165) is 5.56 Å². The molecule has 0 saturated carbocycles. The lowest BCUT2D eigenvalue weighted by Gasteiger charge is -2.31. The summed E-state index contributed by atoms with van der Waals surface area (Å²) in [6, 6.07) is 16.6. The maximum Gasteiger partial charge on any atom is 0.264 e. The molecule has 10 heteroatoms. The van der Waals surface area contributed by atoms with Gasteiger partial charge in [0.15, 0.2) is 0 Å². The number of nitrogens with zero attached hydrogens (tertiary/aromatic N) is 2. The Morgan fingerprint density at radius 2 is 1.67 bits per heavy atom. The van der Waals surface area contributed by atoms with Crippen LogP contribution in [0.5, 0.6) is 0 Å². The van der Waals surface area contributed by atoms with Crippen LogP contribution in [0.1, 0.15) is 19.4 Å². The van der Waals surface area contributed by atoms with Crippen LogP contribution in [-0.4, -0.2) is 42.1 Å². The van der Waals surface area contributed by atoms with Crippen molar-refractivity contribution in [3.05, 3.63) is 78.6 Å². The van der Waals surface area contributed by atoms with Crippen LogP contribution >= 0.6 is 0 Å². The van der Waals surface area contributed by atoms with E-state index in [1.165, 1.54) is 36.7 Å². The minimum atomic E-state index is -3.89. The van der Waals surface area contributed by atoms with Crippen molar-refractivity contribution in [2.75, 3.05) is 16.6 Å². The Kier molecular flexibility index (Phi) is 7.75. The summed E-state index contributed by atoms with van der Waals surface area (Å²) in [6.45, 7) is 3.40. The lowest BCUT2D eigenvalue weighted by molar-refractivity contribution is -0.139. The maximum atomic E-state index is 13.0. The van der Waals surface area contributed by atoms with Gasteiger partial charge in [-0.15, -0.1) is 0 Å². The molecule has 0 aliphatic heterocycles. The molecule has 1 heterocycles.